The molecule has 0 atom stereocenters. The van der Waals surface area contributed by atoms with Crippen LogP contribution in [0.4, 0.5) is 19.3 Å². The van der Waals surface area contributed by atoms with Crippen molar-refractivity contribution in [3.8, 4) is 0 Å². The van der Waals surface area contributed by atoms with Crippen molar-refractivity contribution in [1.29, 1.82) is 0 Å². The van der Waals surface area contributed by atoms with Crippen LogP contribution in [0.15, 0.2) is 32.4 Å². The van der Waals surface area contributed by atoms with Gasteiger partial charge in [0.05, 0.1) is 5.69 Å². The van der Waals surface area contributed by atoms with Gasteiger partial charge in [0.15, 0.2) is 0 Å². The van der Waals surface area contributed by atoms with E-state index < -0.39 is 29.3 Å². The fourth-order valence-corrected chi connectivity index (χ4v) is 3.19. The average molecular weight is 370 g/mol. The molecule has 8 heteroatoms. The van der Waals surface area contributed by atoms with Gasteiger partial charge in [-0.15, -0.1) is 11.8 Å². The first-order valence-corrected chi connectivity index (χ1v) is 8.90. The Morgan fingerprint density at radius 2 is 2.04 bits per heavy atom. The Morgan fingerprint density at radius 3 is 2.60 bits per heavy atom. The molecule has 0 bridgehead atoms. The molecule has 5 nitrogen and oxygen atoms in total. The van der Waals surface area contributed by atoms with Crippen LogP contribution in [-0.2, 0) is 0 Å². The first-order chi connectivity index (χ1) is 11.8. The smallest absolute Gasteiger partial charge is 0.365 e. The number of anilines is 1. The summed E-state index contributed by atoms with van der Waals surface area (Å²) in [4.78, 5) is 26.7. The minimum Gasteiger partial charge on any atom is -0.371 e. The average Bonchev–Trinajstić information content (AvgIpc) is 2.82. The Balaban J connectivity index is 2.47. The number of aromatic nitrogens is 1. The summed E-state index contributed by atoms with van der Waals surface area (Å²) in [5, 5.41) is 0. The number of amides is 1. The molecule has 0 radical (unpaired) electrons. The quantitative estimate of drug-likeness (QED) is 0.732. The van der Waals surface area contributed by atoms with Crippen LogP contribution in [0, 0.1) is 18.6 Å². The zero-order valence-electron chi connectivity index (χ0n) is 14.5. The van der Waals surface area contributed by atoms with Gasteiger partial charge in [0, 0.05) is 12.1 Å². The van der Waals surface area contributed by atoms with Crippen molar-refractivity contribution in [2.24, 2.45) is 0 Å². The maximum atomic E-state index is 14.1. The molecule has 1 aromatic carbocycles. The molecule has 0 unspecified atom stereocenters. The van der Waals surface area contributed by atoms with E-state index in [9.17, 15) is 18.4 Å². The molecular formula is C17H20F2N2O3S. The van der Waals surface area contributed by atoms with Crippen LogP contribution in [0.1, 0.15) is 33.0 Å². The molecule has 0 saturated carbocycles. The first kappa shape index (κ1) is 19.2. The van der Waals surface area contributed by atoms with E-state index in [1.807, 2.05) is 6.92 Å². The lowest BCUT2D eigenvalue weighted by atomic mass is 10.2. The molecular weight excluding hydrogens is 350 g/mol. The third-order valence-electron chi connectivity index (χ3n) is 3.44. The molecule has 2 aromatic rings. The van der Waals surface area contributed by atoms with Crippen LogP contribution in [0.3, 0.4) is 0 Å². The summed E-state index contributed by atoms with van der Waals surface area (Å²) in [5.41, 5.74) is -0.695. The van der Waals surface area contributed by atoms with E-state index in [1.165, 1.54) is 11.8 Å². The Bertz CT molecular complexity index is 830. The zero-order chi connectivity index (χ0) is 18.7. The number of halogens is 2. The molecule has 0 N–H and O–H groups in total. The van der Waals surface area contributed by atoms with Crippen molar-refractivity contribution < 1.29 is 18.1 Å². The van der Waals surface area contributed by atoms with Crippen LogP contribution in [0.2, 0.25) is 0 Å². The second-order valence-electron chi connectivity index (χ2n) is 5.77. The number of hydrogen-bond acceptors (Lipinski definition) is 4. The van der Waals surface area contributed by atoms with Gasteiger partial charge >= 0.3 is 11.6 Å². The highest BCUT2D eigenvalue weighted by Gasteiger charge is 2.28. The van der Waals surface area contributed by atoms with Gasteiger partial charge in [0.25, 0.3) is 0 Å². The second-order valence-corrected chi connectivity index (χ2v) is 6.87. The van der Waals surface area contributed by atoms with E-state index in [2.05, 4.69) is 0 Å². The fraction of sp³-hybridized carbons (Fsp3) is 0.412. The predicted octanol–water partition coefficient (Wildman–Crippen LogP) is 4.41. The van der Waals surface area contributed by atoms with Crippen LogP contribution in [-0.4, -0.2) is 22.6 Å². The highest BCUT2D eigenvalue weighted by atomic mass is 32.2. The molecule has 1 aromatic heterocycles. The topological polar surface area (TPSA) is 55.5 Å². The van der Waals surface area contributed by atoms with Crippen molar-refractivity contribution in [3.05, 3.63) is 45.9 Å². The molecule has 0 aliphatic rings. The summed E-state index contributed by atoms with van der Waals surface area (Å²) in [6, 6.07) is 1.61. The number of carbonyl (C=O) groups is 1. The third-order valence-corrected chi connectivity index (χ3v) is 4.81. The largest absolute Gasteiger partial charge is 0.371 e. The normalized spacial score (nSPS) is 11.2. The molecule has 0 fully saturated rings. The van der Waals surface area contributed by atoms with Crippen LogP contribution in [0.25, 0.3) is 0 Å². The van der Waals surface area contributed by atoms with Crippen molar-refractivity contribution in [3.63, 3.8) is 0 Å². The molecule has 136 valence electrons. The summed E-state index contributed by atoms with van der Waals surface area (Å²) in [6.07, 6.45) is 0.863. The lowest BCUT2D eigenvalue weighted by Crippen LogP contribution is -2.43. The van der Waals surface area contributed by atoms with Gasteiger partial charge in [-0.1, -0.05) is 11.7 Å². The highest BCUT2D eigenvalue weighted by molar-refractivity contribution is 7.99. The lowest BCUT2D eigenvalue weighted by molar-refractivity contribution is 0.210. The van der Waals surface area contributed by atoms with Gasteiger partial charge in [0.1, 0.15) is 22.3 Å². The van der Waals surface area contributed by atoms with Gasteiger partial charge in [0.2, 0.25) is 0 Å². The van der Waals surface area contributed by atoms with Crippen molar-refractivity contribution in [1.82, 2.24) is 4.74 Å². The maximum Gasteiger partial charge on any atom is 0.365 e. The number of hydrogen-bond donors (Lipinski definition) is 0. The number of thioether (sulfide) groups is 1. The van der Waals surface area contributed by atoms with Gasteiger partial charge < -0.3 is 4.52 Å². The molecule has 1 heterocycles. The van der Waals surface area contributed by atoms with Crippen LogP contribution < -0.4 is 10.5 Å². The maximum absolute atomic E-state index is 14.1. The summed E-state index contributed by atoms with van der Waals surface area (Å²) in [5.74, 6) is -0.592. The molecule has 0 aliphatic heterocycles. The number of benzene rings is 1. The van der Waals surface area contributed by atoms with E-state index in [4.69, 9.17) is 4.52 Å². The van der Waals surface area contributed by atoms with Crippen molar-refractivity contribution >= 4 is 23.5 Å². The first-order valence-electron chi connectivity index (χ1n) is 7.92. The highest BCUT2D eigenvalue weighted by Crippen LogP contribution is 2.25. The predicted molar refractivity (Wildman–Crippen MR) is 93.5 cm³/mol. The number of nitrogens with zero attached hydrogens (tertiary/aromatic N) is 2. The fourth-order valence-electron chi connectivity index (χ4n) is 2.33. The SMILES string of the molecule is CCCSc1c(C)on(C(=O)N(c2ccc(F)cc2F)C(C)C)c1=O. The minimum atomic E-state index is -0.890. The lowest BCUT2D eigenvalue weighted by Gasteiger charge is -2.26. The minimum absolute atomic E-state index is 0.120. The standard InChI is InChI=1S/C17H20F2N2O3S/c1-5-8-25-15-11(4)24-21(16(15)22)17(23)20(10(2)3)14-7-6-12(18)9-13(14)19/h6-7,9-10H,5,8H2,1-4H3. The Labute approximate surface area is 148 Å². The molecule has 1 amide bonds. The summed E-state index contributed by atoms with van der Waals surface area (Å²) >= 11 is 1.31. The number of aryl methyl sites for hydroxylation is 1. The van der Waals surface area contributed by atoms with E-state index in [0.29, 0.717) is 27.2 Å². The van der Waals surface area contributed by atoms with Gasteiger partial charge in [-0.3, -0.25) is 9.69 Å². The van der Waals surface area contributed by atoms with Crippen LogP contribution in [0.5, 0.6) is 0 Å². The molecule has 0 saturated heterocycles. The Hall–Kier alpha value is -2.09. The molecule has 0 spiro atoms. The summed E-state index contributed by atoms with van der Waals surface area (Å²) < 4.78 is 33.2. The monoisotopic (exact) mass is 370 g/mol. The number of rotatable bonds is 5. The Morgan fingerprint density at radius 1 is 1.36 bits per heavy atom. The van der Waals surface area contributed by atoms with Crippen LogP contribution >= 0.6 is 11.8 Å². The molecule has 0 aliphatic carbocycles. The van der Waals surface area contributed by atoms with E-state index in [-0.39, 0.29) is 5.69 Å². The Kier molecular flexibility index (Phi) is 6.05. The zero-order valence-corrected chi connectivity index (χ0v) is 15.3. The van der Waals surface area contributed by atoms with E-state index in [1.54, 1.807) is 20.8 Å². The van der Waals surface area contributed by atoms with E-state index in [0.717, 1.165) is 23.5 Å². The van der Waals surface area contributed by atoms with E-state index >= 15 is 0 Å². The summed E-state index contributed by atoms with van der Waals surface area (Å²) in [7, 11) is 0. The molecule has 25 heavy (non-hydrogen) atoms. The van der Waals surface area contributed by atoms with Gasteiger partial charge in [-0.05, 0) is 45.1 Å². The van der Waals surface area contributed by atoms with Crippen molar-refractivity contribution in [2.45, 2.75) is 45.1 Å². The van der Waals surface area contributed by atoms with Gasteiger partial charge in [-0.25, -0.2) is 13.6 Å². The van der Waals surface area contributed by atoms with Gasteiger partial charge in [-0.2, -0.15) is 0 Å². The summed E-state index contributed by atoms with van der Waals surface area (Å²) in [6.45, 7) is 6.90. The molecule has 2 rings (SSSR count). The number of carbonyl (C=O) groups excluding carboxylic acids is 1. The second kappa shape index (κ2) is 7.86. The third kappa shape index (κ3) is 3.95. The van der Waals surface area contributed by atoms with Crippen molar-refractivity contribution in [2.75, 3.05) is 10.7 Å².